The number of carbonyl (C=O) groups excluding carboxylic acids is 1. The van der Waals surface area contributed by atoms with Crippen LogP contribution in [0.2, 0.25) is 0 Å². The van der Waals surface area contributed by atoms with Crippen molar-refractivity contribution in [2.75, 3.05) is 18.1 Å². The van der Waals surface area contributed by atoms with Crippen LogP contribution in [-0.4, -0.2) is 35.3 Å². The van der Waals surface area contributed by atoms with Gasteiger partial charge < -0.3 is 14.0 Å². The van der Waals surface area contributed by atoms with Crippen LogP contribution in [0.1, 0.15) is 40.2 Å². The number of hydrogen-bond donors (Lipinski definition) is 0. The molecule has 0 bridgehead atoms. The van der Waals surface area contributed by atoms with E-state index in [1.165, 1.54) is 11.3 Å². The number of carbonyl (C=O) groups is 1. The molecule has 1 aliphatic rings. The van der Waals surface area contributed by atoms with Crippen molar-refractivity contribution in [3.8, 4) is 5.75 Å². The number of nitrogens with zero attached hydrogens (tertiary/aromatic N) is 3. The lowest BCUT2D eigenvalue weighted by molar-refractivity contribution is 0.0917. The zero-order valence-corrected chi connectivity index (χ0v) is 19.4. The Kier molecular flexibility index (Phi) is 6.11. The highest BCUT2D eigenvalue weighted by atomic mass is 32.1. The van der Waals surface area contributed by atoms with E-state index in [9.17, 15) is 4.79 Å². The van der Waals surface area contributed by atoms with E-state index >= 15 is 0 Å². The van der Waals surface area contributed by atoms with E-state index in [0.717, 1.165) is 46.7 Å². The molecule has 33 heavy (non-hydrogen) atoms. The van der Waals surface area contributed by atoms with Gasteiger partial charge in [0, 0.05) is 12.2 Å². The Bertz CT molecular complexity index is 1220. The Balaban J connectivity index is 1.40. The van der Waals surface area contributed by atoms with Crippen molar-refractivity contribution in [2.24, 2.45) is 0 Å². The van der Waals surface area contributed by atoms with E-state index in [-0.39, 0.29) is 12.0 Å². The van der Waals surface area contributed by atoms with E-state index in [4.69, 9.17) is 19.0 Å². The first-order chi connectivity index (χ1) is 16.1. The number of aryl methyl sites for hydroxylation is 2. The number of benzene rings is 2. The summed E-state index contributed by atoms with van der Waals surface area (Å²) < 4.78 is 18.1. The van der Waals surface area contributed by atoms with Crippen LogP contribution in [0.5, 0.6) is 5.75 Å². The maximum atomic E-state index is 13.7. The average Bonchev–Trinajstić information content (AvgIpc) is 3.56. The third-order valence-corrected chi connectivity index (χ3v) is 6.87. The fourth-order valence-corrected chi connectivity index (χ4v) is 4.93. The topological polar surface area (TPSA) is 77.7 Å². The molecule has 1 amide bonds. The molecule has 2 aromatic carbocycles. The van der Waals surface area contributed by atoms with Crippen molar-refractivity contribution in [1.29, 1.82) is 0 Å². The normalized spacial score (nSPS) is 15.8. The summed E-state index contributed by atoms with van der Waals surface area (Å²) in [5.41, 5.74) is 3.15. The molecule has 1 aliphatic heterocycles. The summed E-state index contributed by atoms with van der Waals surface area (Å²) in [6.45, 7) is 5.28. The molecule has 2 aromatic heterocycles. The Morgan fingerprint density at radius 3 is 2.85 bits per heavy atom. The monoisotopic (exact) mass is 463 g/mol. The number of aromatic nitrogens is 2. The summed E-state index contributed by atoms with van der Waals surface area (Å²) >= 11 is 1.52. The molecule has 4 aromatic rings. The van der Waals surface area contributed by atoms with Crippen molar-refractivity contribution in [1.82, 2.24) is 10.1 Å². The van der Waals surface area contributed by atoms with Gasteiger partial charge in [0.15, 0.2) is 5.13 Å². The van der Waals surface area contributed by atoms with Gasteiger partial charge in [-0.1, -0.05) is 34.7 Å². The molecular formula is C25H25N3O4S. The molecule has 0 saturated carbocycles. The first-order valence-electron chi connectivity index (χ1n) is 11.0. The van der Waals surface area contributed by atoms with Crippen LogP contribution in [0.4, 0.5) is 5.13 Å². The van der Waals surface area contributed by atoms with Gasteiger partial charge in [-0.3, -0.25) is 9.69 Å². The molecule has 0 aliphatic carbocycles. The molecule has 0 spiro atoms. The number of para-hydroxylation sites is 1. The average molecular weight is 464 g/mol. The highest BCUT2D eigenvalue weighted by molar-refractivity contribution is 7.22. The van der Waals surface area contributed by atoms with Crippen molar-refractivity contribution < 1.29 is 18.8 Å². The third-order valence-electron chi connectivity index (χ3n) is 5.81. The smallest absolute Gasteiger partial charge is 0.260 e. The highest BCUT2D eigenvalue weighted by Gasteiger charge is 2.27. The number of thiazole rings is 1. The molecule has 1 fully saturated rings. The molecule has 8 heteroatoms. The number of rotatable bonds is 7. The second-order valence-corrected chi connectivity index (χ2v) is 9.14. The lowest BCUT2D eigenvalue weighted by atomic mass is 10.1. The SMILES string of the molecule is Cc1noc(C)c1COc1cccc(C(=O)N(CC2CCCO2)c2nc3ccccc3s2)c1. The minimum absolute atomic E-state index is 0.0138. The van der Waals surface area contributed by atoms with E-state index in [2.05, 4.69) is 5.16 Å². The molecule has 0 radical (unpaired) electrons. The Morgan fingerprint density at radius 2 is 2.09 bits per heavy atom. The number of ether oxygens (including phenoxy) is 2. The predicted octanol–water partition coefficient (Wildman–Crippen LogP) is 5.31. The fraction of sp³-hybridized carbons (Fsp3) is 0.320. The van der Waals surface area contributed by atoms with Crippen molar-refractivity contribution in [2.45, 2.75) is 39.4 Å². The number of fused-ring (bicyclic) bond motifs is 1. The van der Waals surface area contributed by atoms with E-state index in [1.54, 1.807) is 17.0 Å². The van der Waals surface area contributed by atoms with Crippen molar-refractivity contribution >= 4 is 32.6 Å². The summed E-state index contributed by atoms with van der Waals surface area (Å²) in [5, 5.41) is 4.64. The lowest BCUT2D eigenvalue weighted by Crippen LogP contribution is -2.37. The zero-order chi connectivity index (χ0) is 22.8. The van der Waals surface area contributed by atoms with Gasteiger partial charge in [0.05, 0.1) is 34.1 Å². The Hall–Kier alpha value is -3.23. The van der Waals surface area contributed by atoms with Gasteiger partial charge in [-0.05, 0) is 57.0 Å². The summed E-state index contributed by atoms with van der Waals surface area (Å²) in [4.78, 5) is 20.1. The minimum atomic E-state index is -0.118. The maximum Gasteiger partial charge on any atom is 0.260 e. The van der Waals surface area contributed by atoms with Gasteiger partial charge >= 0.3 is 0 Å². The van der Waals surface area contributed by atoms with Crippen LogP contribution in [0.25, 0.3) is 10.2 Å². The molecule has 1 saturated heterocycles. The van der Waals surface area contributed by atoms with Crippen LogP contribution >= 0.6 is 11.3 Å². The van der Waals surface area contributed by atoms with Gasteiger partial charge in [0.1, 0.15) is 18.1 Å². The summed E-state index contributed by atoms with van der Waals surface area (Å²) in [6, 6.07) is 15.2. The van der Waals surface area contributed by atoms with Gasteiger partial charge in [0.2, 0.25) is 0 Å². The maximum absolute atomic E-state index is 13.7. The summed E-state index contributed by atoms with van der Waals surface area (Å²) in [6.07, 6.45) is 1.97. The molecule has 170 valence electrons. The van der Waals surface area contributed by atoms with E-state index in [0.29, 0.717) is 29.6 Å². The first kappa shape index (κ1) is 21.6. The molecular weight excluding hydrogens is 438 g/mol. The molecule has 3 heterocycles. The first-order valence-corrected chi connectivity index (χ1v) is 11.8. The van der Waals surface area contributed by atoms with E-state index < -0.39 is 0 Å². The Morgan fingerprint density at radius 1 is 1.21 bits per heavy atom. The van der Waals surface area contributed by atoms with Crippen LogP contribution in [0.15, 0.2) is 53.1 Å². The number of hydrogen-bond acceptors (Lipinski definition) is 7. The van der Waals surface area contributed by atoms with Crippen LogP contribution in [0, 0.1) is 13.8 Å². The lowest BCUT2D eigenvalue weighted by Gasteiger charge is -2.23. The summed E-state index contributed by atoms with van der Waals surface area (Å²) in [5.74, 6) is 1.23. The van der Waals surface area contributed by atoms with Crippen molar-refractivity contribution in [3.05, 3.63) is 71.1 Å². The van der Waals surface area contributed by atoms with Crippen LogP contribution in [0.3, 0.4) is 0 Å². The van der Waals surface area contributed by atoms with E-state index in [1.807, 2.05) is 50.2 Å². The summed E-state index contributed by atoms with van der Waals surface area (Å²) in [7, 11) is 0. The van der Waals surface area contributed by atoms with Crippen LogP contribution in [-0.2, 0) is 11.3 Å². The quantitative estimate of drug-likeness (QED) is 0.370. The molecule has 1 unspecified atom stereocenters. The zero-order valence-electron chi connectivity index (χ0n) is 18.6. The van der Waals surface area contributed by atoms with Gasteiger partial charge in [0.25, 0.3) is 5.91 Å². The van der Waals surface area contributed by atoms with Crippen molar-refractivity contribution in [3.63, 3.8) is 0 Å². The van der Waals surface area contributed by atoms with Gasteiger partial charge in [-0.2, -0.15) is 0 Å². The van der Waals surface area contributed by atoms with Gasteiger partial charge in [-0.25, -0.2) is 4.98 Å². The second-order valence-electron chi connectivity index (χ2n) is 8.13. The highest BCUT2D eigenvalue weighted by Crippen LogP contribution is 2.31. The largest absolute Gasteiger partial charge is 0.489 e. The molecule has 5 rings (SSSR count). The van der Waals surface area contributed by atoms with Gasteiger partial charge in [-0.15, -0.1) is 0 Å². The predicted molar refractivity (Wildman–Crippen MR) is 127 cm³/mol. The molecule has 1 atom stereocenters. The third kappa shape index (κ3) is 4.62. The second kappa shape index (κ2) is 9.33. The number of amides is 1. The Labute approximate surface area is 195 Å². The molecule has 7 nitrogen and oxygen atoms in total. The van der Waals surface area contributed by atoms with Crippen LogP contribution < -0.4 is 9.64 Å². The minimum Gasteiger partial charge on any atom is -0.489 e. The standard InChI is InChI=1S/C25H25N3O4S/c1-16-21(17(2)32-27-16)15-31-19-8-5-7-18(13-19)24(29)28(14-20-9-6-12-30-20)25-26-22-10-3-4-11-23(22)33-25/h3-5,7-8,10-11,13,20H,6,9,12,14-15H2,1-2H3. The fourth-order valence-electron chi connectivity index (χ4n) is 3.95. The molecule has 0 N–H and O–H groups in total. The number of anilines is 1.